The van der Waals surface area contributed by atoms with Crippen LogP contribution < -0.4 is 10.5 Å². The highest BCUT2D eigenvalue weighted by Crippen LogP contribution is 2.26. The van der Waals surface area contributed by atoms with Gasteiger partial charge < -0.3 is 15.4 Å². The number of amidine groups is 1. The van der Waals surface area contributed by atoms with Crippen molar-refractivity contribution in [2.45, 2.75) is 19.4 Å². The minimum atomic E-state index is -0.142. The highest BCUT2D eigenvalue weighted by Gasteiger charge is 2.22. The van der Waals surface area contributed by atoms with Crippen molar-refractivity contribution in [2.24, 2.45) is 5.73 Å². The van der Waals surface area contributed by atoms with Gasteiger partial charge in [-0.2, -0.15) is 0 Å². The molecule has 0 atom stereocenters. The Kier molecular flexibility index (Phi) is 4.53. The van der Waals surface area contributed by atoms with Gasteiger partial charge in [0.15, 0.2) is 0 Å². The molecule has 0 amide bonds. The summed E-state index contributed by atoms with van der Waals surface area (Å²) in [7, 11) is 3.95. The number of hydrogen-bond donors (Lipinski definition) is 2. The molecule has 18 heavy (non-hydrogen) atoms. The van der Waals surface area contributed by atoms with Crippen LogP contribution >= 0.6 is 11.6 Å². The predicted octanol–water partition coefficient (Wildman–Crippen LogP) is 1.74. The summed E-state index contributed by atoms with van der Waals surface area (Å²) in [6.07, 6.45) is 1.53. The van der Waals surface area contributed by atoms with E-state index in [1.54, 1.807) is 6.07 Å². The number of nitrogens with zero attached hydrogens (tertiary/aromatic N) is 2. The largest absolute Gasteiger partial charge is 0.475 e. The first-order valence-corrected chi connectivity index (χ1v) is 5.92. The van der Waals surface area contributed by atoms with E-state index >= 15 is 0 Å². The van der Waals surface area contributed by atoms with E-state index in [-0.39, 0.29) is 16.4 Å². The van der Waals surface area contributed by atoms with Gasteiger partial charge in [-0.25, -0.2) is 4.98 Å². The predicted molar refractivity (Wildman–Crippen MR) is 73.5 cm³/mol. The first kappa shape index (κ1) is 14.7. The molecule has 0 fully saturated rings. The van der Waals surface area contributed by atoms with E-state index in [1.165, 1.54) is 6.20 Å². The van der Waals surface area contributed by atoms with Gasteiger partial charge in [0.2, 0.25) is 5.88 Å². The molecule has 100 valence electrons. The number of nitrogens with one attached hydrogen (secondary N) is 1. The zero-order valence-electron chi connectivity index (χ0n) is 11.1. The van der Waals surface area contributed by atoms with Gasteiger partial charge in [-0.1, -0.05) is 11.6 Å². The maximum absolute atomic E-state index is 7.40. The summed E-state index contributed by atoms with van der Waals surface area (Å²) >= 11 is 6.09. The van der Waals surface area contributed by atoms with Crippen molar-refractivity contribution >= 4 is 17.4 Å². The molecular weight excluding hydrogens is 252 g/mol. The lowest BCUT2D eigenvalue weighted by molar-refractivity contribution is 0.111. The molecule has 0 unspecified atom stereocenters. The maximum Gasteiger partial charge on any atom is 0.233 e. The quantitative estimate of drug-likeness (QED) is 0.631. The summed E-state index contributed by atoms with van der Waals surface area (Å²) in [4.78, 5) is 6.11. The average Bonchev–Trinajstić information content (AvgIpc) is 2.27. The third kappa shape index (κ3) is 3.34. The molecule has 1 rings (SSSR count). The monoisotopic (exact) mass is 270 g/mol. The Hall–Kier alpha value is -1.33. The van der Waals surface area contributed by atoms with E-state index in [0.29, 0.717) is 18.1 Å². The van der Waals surface area contributed by atoms with Crippen LogP contribution in [0.1, 0.15) is 19.4 Å². The van der Waals surface area contributed by atoms with Crippen molar-refractivity contribution < 1.29 is 4.74 Å². The summed E-state index contributed by atoms with van der Waals surface area (Å²) in [5, 5.41) is 7.68. The second-order valence-corrected chi connectivity index (χ2v) is 5.26. The van der Waals surface area contributed by atoms with Crippen molar-refractivity contribution in [1.29, 1.82) is 5.41 Å². The zero-order valence-corrected chi connectivity index (χ0v) is 11.9. The Morgan fingerprint density at radius 1 is 1.56 bits per heavy atom. The minimum Gasteiger partial charge on any atom is -0.475 e. The van der Waals surface area contributed by atoms with Crippen LogP contribution in [0.15, 0.2) is 12.3 Å². The van der Waals surface area contributed by atoms with Crippen LogP contribution in [0.5, 0.6) is 5.88 Å². The number of aromatic nitrogens is 1. The molecule has 0 aromatic carbocycles. The van der Waals surface area contributed by atoms with E-state index in [4.69, 9.17) is 27.5 Å². The highest BCUT2D eigenvalue weighted by molar-refractivity contribution is 6.35. The van der Waals surface area contributed by atoms with Crippen LogP contribution in [-0.4, -0.2) is 42.0 Å². The fourth-order valence-electron chi connectivity index (χ4n) is 1.11. The van der Waals surface area contributed by atoms with Gasteiger partial charge >= 0.3 is 0 Å². The molecule has 5 nitrogen and oxygen atoms in total. The standard InChI is InChI=1S/C12H19ClN4O/c1-12(2,17(3)4)7-18-11-9(13)8(10(14)15)5-6-16-11/h5-6H,7H2,1-4H3,(H3,14,15). The molecular formula is C12H19ClN4O. The smallest absolute Gasteiger partial charge is 0.233 e. The fourth-order valence-corrected chi connectivity index (χ4v) is 1.38. The first-order valence-electron chi connectivity index (χ1n) is 5.55. The summed E-state index contributed by atoms with van der Waals surface area (Å²) < 4.78 is 5.62. The van der Waals surface area contributed by atoms with E-state index in [1.807, 2.05) is 14.1 Å². The number of pyridine rings is 1. The van der Waals surface area contributed by atoms with Crippen molar-refractivity contribution in [3.8, 4) is 5.88 Å². The molecule has 1 heterocycles. The second-order valence-electron chi connectivity index (χ2n) is 4.89. The van der Waals surface area contributed by atoms with Crippen molar-refractivity contribution in [3.05, 3.63) is 22.8 Å². The number of nitrogens with two attached hydrogens (primary N) is 1. The Balaban J connectivity index is 2.87. The van der Waals surface area contributed by atoms with Gasteiger partial charge in [0.05, 0.1) is 0 Å². The lowest BCUT2D eigenvalue weighted by Gasteiger charge is -2.32. The lowest BCUT2D eigenvalue weighted by Crippen LogP contribution is -2.43. The van der Waals surface area contributed by atoms with Gasteiger partial charge in [0.25, 0.3) is 0 Å². The fraction of sp³-hybridized carbons (Fsp3) is 0.500. The van der Waals surface area contributed by atoms with E-state index in [0.717, 1.165) is 0 Å². The normalized spacial score (nSPS) is 11.7. The molecule has 0 bridgehead atoms. The number of likely N-dealkylation sites (N-methyl/N-ethyl adjacent to an activating group) is 1. The molecule has 0 aliphatic carbocycles. The second kappa shape index (κ2) is 5.54. The molecule has 1 aromatic heterocycles. The Bertz CT molecular complexity index is 446. The molecule has 0 radical (unpaired) electrons. The van der Waals surface area contributed by atoms with Gasteiger partial charge in [-0.3, -0.25) is 5.41 Å². The third-order valence-corrected chi connectivity index (χ3v) is 3.29. The Morgan fingerprint density at radius 2 is 2.17 bits per heavy atom. The number of hydrogen-bond acceptors (Lipinski definition) is 4. The van der Waals surface area contributed by atoms with Gasteiger partial charge in [0.1, 0.15) is 17.5 Å². The summed E-state index contributed by atoms with van der Waals surface area (Å²) in [6, 6.07) is 1.59. The van der Waals surface area contributed by atoms with E-state index in [2.05, 4.69) is 23.7 Å². The van der Waals surface area contributed by atoms with Gasteiger partial charge in [0, 0.05) is 17.3 Å². The van der Waals surface area contributed by atoms with Crippen LogP contribution in [0.25, 0.3) is 0 Å². The van der Waals surface area contributed by atoms with Crippen molar-refractivity contribution in [3.63, 3.8) is 0 Å². The minimum absolute atomic E-state index is 0.0980. The average molecular weight is 271 g/mol. The van der Waals surface area contributed by atoms with Crippen LogP contribution in [0.3, 0.4) is 0 Å². The van der Waals surface area contributed by atoms with E-state index < -0.39 is 0 Å². The van der Waals surface area contributed by atoms with Crippen LogP contribution in [-0.2, 0) is 0 Å². The number of rotatable bonds is 5. The topological polar surface area (TPSA) is 75.2 Å². The molecule has 0 aliphatic rings. The molecule has 0 saturated heterocycles. The summed E-state index contributed by atoms with van der Waals surface area (Å²) in [5.74, 6) is 0.207. The Labute approximate surface area is 112 Å². The molecule has 3 N–H and O–H groups in total. The van der Waals surface area contributed by atoms with Crippen molar-refractivity contribution in [1.82, 2.24) is 9.88 Å². The van der Waals surface area contributed by atoms with Crippen molar-refractivity contribution in [2.75, 3.05) is 20.7 Å². The van der Waals surface area contributed by atoms with Gasteiger partial charge in [-0.15, -0.1) is 0 Å². The molecule has 0 spiro atoms. The maximum atomic E-state index is 7.40. The molecule has 0 aliphatic heterocycles. The molecule has 6 heteroatoms. The highest BCUT2D eigenvalue weighted by atomic mass is 35.5. The zero-order chi connectivity index (χ0) is 13.9. The number of nitrogen functional groups attached to an aromatic ring is 1. The van der Waals surface area contributed by atoms with Crippen LogP contribution in [0.4, 0.5) is 0 Å². The van der Waals surface area contributed by atoms with Crippen LogP contribution in [0, 0.1) is 5.41 Å². The SMILES string of the molecule is CN(C)C(C)(C)COc1nccc(C(=N)N)c1Cl. The molecule has 0 saturated carbocycles. The third-order valence-electron chi connectivity index (χ3n) is 2.92. The number of ether oxygens (including phenoxy) is 1. The lowest BCUT2D eigenvalue weighted by atomic mass is 10.1. The van der Waals surface area contributed by atoms with E-state index in [9.17, 15) is 0 Å². The summed E-state index contributed by atoms with van der Waals surface area (Å²) in [6.45, 7) is 4.54. The Morgan fingerprint density at radius 3 is 2.67 bits per heavy atom. The summed E-state index contributed by atoms with van der Waals surface area (Å²) in [5.41, 5.74) is 5.71. The molecule has 1 aromatic rings. The van der Waals surface area contributed by atoms with Gasteiger partial charge in [-0.05, 0) is 34.0 Å². The van der Waals surface area contributed by atoms with Crippen LogP contribution in [0.2, 0.25) is 5.02 Å². The first-order chi connectivity index (χ1) is 8.25. The number of halogens is 1.